The van der Waals surface area contributed by atoms with Crippen LogP contribution in [0.1, 0.15) is 22.1 Å². The molecule has 2 aliphatic rings. The summed E-state index contributed by atoms with van der Waals surface area (Å²) in [6.45, 7) is 1.93. The lowest BCUT2D eigenvalue weighted by Crippen LogP contribution is -2.33. The van der Waals surface area contributed by atoms with Gasteiger partial charge in [0.25, 0.3) is 0 Å². The fraction of sp³-hybridized carbons (Fsp3) is 0.643. The summed E-state index contributed by atoms with van der Waals surface area (Å²) in [5, 5.41) is 2.21. The number of amides is 1. The normalized spacial score (nSPS) is 26.5. The van der Waals surface area contributed by atoms with Crippen molar-refractivity contribution in [1.29, 1.82) is 0 Å². The first-order chi connectivity index (χ1) is 9.29. The smallest absolute Gasteiger partial charge is 0.240 e. The molecule has 0 aromatic carbocycles. The molecule has 3 heterocycles. The van der Waals surface area contributed by atoms with Gasteiger partial charge in [-0.05, 0) is 53.5 Å². The molecule has 1 fully saturated rings. The van der Waals surface area contributed by atoms with Crippen molar-refractivity contribution in [3.8, 4) is 0 Å². The zero-order valence-corrected chi connectivity index (χ0v) is 13.6. The maximum absolute atomic E-state index is 12.7. The highest BCUT2D eigenvalue weighted by molar-refractivity contribution is 8.00. The van der Waals surface area contributed by atoms with Gasteiger partial charge in [0.1, 0.15) is 5.25 Å². The first-order valence-electron chi connectivity index (χ1n) is 6.75. The summed E-state index contributed by atoms with van der Waals surface area (Å²) < 4.78 is 0. The predicted octanol–water partition coefficient (Wildman–Crippen LogP) is 3.29. The molecule has 0 N–H and O–H groups in total. The molecule has 0 radical (unpaired) electrons. The third-order valence-electron chi connectivity index (χ3n) is 3.90. The second-order valence-electron chi connectivity index (χ2n) is 5.19. The number of rotatable bonds is 3. The number of hydrogen-bond donors (Lipinski definition) is 0. The van der Waals surface area contributed by atoms with Crippen LogP contribution >= 0.6 is 34.9 Å². The van der Waals surface area contributed by atoms with E-state index in [1.165, 1.54) is 22.6 Å². The standard InChI is InChI=1S/C14H19NOS3/c1-17-9-10-2-5-15(8-10)14(16)13-11-3-6-18-12(11)4-7-19-13/h3,6,10,13H,2,4-5,7-9H2,1H3/t10-,13-/m0/s1. The van der Waals surface area contributed by atoms with Gasteiger partial charge in [-0.2, -0.15) is 11.8 Å². The highest BCUT2D eigenvalue weighted by Crippen LogP contribution is 2.41. The number of hydrogen-bond acceptors (Lipinski definition) is 4. The molecule has 1 aromatic rings. The van der Waals surface area contributed by atoms with E-state index in [9.17, 15) is 4.79 Å². The third kappa shape index (κ3) is 2.83. The largest absolute Gasteiger partial charge is 0.341 e. The number of aryl methyl sites for hydroxylation is 1. The molecule has 2 atom stereocenters. The Morgan fingerprint density at radius 2 is 2.47 bits per heavy atom. The van der Waals surface area contributed by atoms with E-state index in [0.29, 0.717) is 11.8 Å². The van der Waals surface area contributed by atoms with Crippen LogP contribution in [0.5, 0.6) is 0 Å². The van der Waals surface area contributed by atoms with Crippen LogP contribution < -0.4 is 0 Å². The fourth-order valence-electron chi connectivity index (χ4n) is 2.92. The summed E-state index contributed by atoms with van der Waals surface area (Å²) >= 11 is 5.54. The highest BCUT2D eigenvalue weighted by atomic mass is 32.2. The van der Waals surface area contributed by atoms with E-state index >= 15 is 0 Å². The summed E-state index contributed by atoms with van der Waals surface area (Å²) in [6.07, 6.45) is 4.47. The van der Waals surface area contributed by atoms with Crippen LogP contribution in [0.2, 0.25) is 0 Å². The molecule has 0 unspecified atom stereocenters. The van der Waals surface area contributed by atoms with Crippen molar-refractivity contribution < 1.29 is 4.79 Å². The van der Waals surface area contributed by atoms with Gasteiger partial charge in [-0.25, -0.2) is 0 Å². The minimum Gasteiger partial charge on any atom is -0.341 e. The van der Waals surface area contributed by atoms with Crippen LogP contribution in [0.15, 0.2) is 11.4 Å². The number of fused-ring (bicyclic) bond motifs is 1. The van der Waals surface area contributed by atoms with E-state index in [0.717, 1.165) is 25.3 Å². The van der Waals surface area contributed by atoms with Crippen LogP contribution in [0.4, 0.5) is 0 Å². The molecule has 2 nitrogen and oxygen atoms in total. The average molecular weight is 314 g/mol. The van der Waals surface area contributed by atoms with E-state index in [1.54, 1.807) is 0 Å². The van der Waals surface area contributed by atoms with Crippen molar-refractivity contribution in [2.24, 2.45) is 5.92 Å². The number of likely N-dealkylation sites (tertiary alicyclic amines) is 1. The Hall–Kier alpha value is -0.130. The molecule has 19 heavy (non-hydrogen) atoms. The SMILES string of the molecule is CSC[C@H]1CCN(C(=O)[C@H]2SCCc3sccc32)C1. The Bertz CT molecular complexity index is 459. The molecule has 1 amide bonds. The van der Waals surface area contributed by atoms with Crippen molar-refractivity contribution in [2.45, 2.75) is 18.1 Å². The zero-order chi connectivity index (χ0) is 13.2. The van der Waals surface area contributed by atoms with Gasteiger partial charge >= 0.3 is 0 Å². The van der Waals surface area contributed by atoms with Crippen molar-refractivity contribution >= 4 is 40.8 Å². The molecule has 104 valence electrons. The lowest BCUT2D eigenvalue weighted by atomic mass is 10.1. The van der Waals surface area contributed by atoms with E-state index in [-0.39, 0.29) is 5.25 Å². The summed E-state index contributed by atoms with van der Waals surface area (Å²) in [6, 6.07) is 2.16. The highest BCUT2D eigenvalue weighted by Gasteiger charge is 2.34. The minimum atomic E-state index is 0.0722. The molecule has 0 aliphatic carbocycles. The first-order valence-corrected chi connectivity index (χ1v) is 10.1. The van der Waals surface area contributed by atoms with Gasteiger partial charge in [0.05, 0.1) is 0 Å². The molecule has 5 heteroatoms. The van der Waals surface area contributed by atoms with E-state index in [2.05, 4.69) is 22.6 Å². The molecular formula is C14H19NOS3. The summed E-state index contributed by atoms with van der Waals surface area (Å²) in [5.74, 6) is 3.33. The second kappa shape index (κ2) is 6.10. The van der Waals surface area contributed by atoms with Gasteiger partial charge in [0.2, 0.25) is 5.91 Å². The molecule has 0 bridgehead atoms. The van der Waals surface area contributed by atoms with Crippen molar-refractivity contribution in [3.63, 3.8) is 0 Å². The Morgan fingerprint density at radius 3 is 3.32 bits per heavy atom. The summed E-state index contributed by atoms with van der Waals surface area (Å²) in [5.41, 5.74) is 1.29. The first kappa shape index (κ1) is 13.8. The predicted molar refractivity (Wildman–Crippen MR) is 86.3 cm³/mol. The quantitative estimate of drug-likeness (QED) is 0.854. The zero-order valence-electron chi connectivity index (χ0n) is 11.1. The molecule has 0 spiro atoms. The second-order valence-corrected chi connectivity index (χ2v) is 8.32. The fourth-order valence-corrected chi connectivity index (χ4v) is 6.04. The van der Waals surface area contributed by atoms with Crippen molar-refractivity contribution in [2.75, 3.05) is 30.9 Å². The van der Waals surface area contributed by atoms with Gasteiger partial charge in [0.15, 0.2) is 0 Å². The van der Waals surface area contributed by atoms with Crippen LogP contribution in [0.25, 0.3) is 0 Å². The summed E-state index contributed by atoms with van der Waals surface area (Å²) in [4.78, 5) is 16.2. The Kier molecular flexibility index (Phi) is 4.44. The van der Waals surface area contributed by atoms with Gasteiger partial charge in [-0.3, -0.25) is 4.79 Å². The number of carbonyl (C=O) groups excluding carboxylic acids is 1. The van der Waals surface area contributed by atoms with Crippen LogP contribution in [-0.2, 0) is 11.2 Å². The van der Waals surface area contributed by atoms with Crippen LogP contribution in [-0.4, -0.2) is 41.7 Å². The lowest BCUT2D eigenvalue weighted by molar-refractivity contribution is -0.129. The Morgan fingerprint density at radius 1 is 1.58 bits per heavy atom. The van der Waals surface area contributed by atoms with Gasteiger partial charge in [-0.15, -0.1) is 23.1 Å². The van der Waals surface area contributed by atoms with E-state index in [4.69, 9.17) is 0 Å². The Balaban J connectivity index is 1.69. The average Bonchev–Trinajstić information content (AvgIpc) is 3.06. The molecule has 1 saturated heterocycles. The maximum atomic E-state index is 12.7. The molecule has 0 saturated carbocycles. The molecule has 2 aliphatic heterocycles. The molecule has 1 aromatic heterocycles. The van der Waals surface area contributed by atoms with Crippen molar-refractivity contribution in [1.82, 2.24) is 4.90 Å². The molecule has 3 rings (SSSR count). The number of thioether (sulfide) groups is 2. The molecular weight excluding hydrogens is 294 g/mol. The van der Waals surface area contributed by atoms with Gasteiger partial charge < -0.3 is 4.90 Å². The topological polar surface area (TPSA) is 20.3 Å². The van der Waals surface area contributed by atoms with Crippen LogP contribution in [0.3, 0.4) is 0 Å². The van der Waals surface area contributed by atoms with E-state index < -0.39 is 0 Å². The third-order valence-corrected chi connectivity index (χ3v) is 6.93. The van der Waals surface area contributed by atoms with Gasteiger partial charge in [0, 0.05) is 18.0 Å². The lowest BCUT2D eigenvalue weighted by Gasteiger charge is -2.26. The Labute approximate surface area is 127 Å². The minimum absolute atomic E-state index is 0.0722. The summed E-state index contributed by atoms with van der Waals surface area (Å²) in [7, 11) is 0. The number of nitrogens with zero attached hydrogens (tertiary/aromatic N) is 1. The monoisotopic (exact) mass is 313 g/mol. The number of thiophene rings is 1. The van der Waals surface area contributed by atoms with Crippen LogP contribution in [0, 0.1) is 5.92 Å². The maximum Gasteiger partial charge on any atom is 0.240 e. The van der Waals surface area contributed by atoms with Crippen molar-refractivity contribution in [3.05, 3.63) is 21.9 Å². The van der Waals surface area contributed by atoms with E-state index in [1.807, 2.05) is 34.9 Å². The van der Waals surface area contributed by atoms with Gasteiger partial charge in [-0.1, -0.05) is 0 Å². The number of carbonyl (C=O) groups is 1.